The van der Waals surface area contributed by atoms with Crippen LogP contribution in [0.25, 0.3) is 0 Å². The molecule has 1 N–H and O–H groups in total. The minimum atomic E-state index is -0.433. The predicted octanol–water partition coefficient (Wildman–Crippen LogP) is 3.24. The van der Waals surface area contributed by atoms with Crippen LogP contribution in [-0.2, 0) is 19.1 Å². The molecule has 134 valence electrons. The fraction of sp³-hybridized carbons (Fsp3) is 0.500. The number of anilines is 1. The summed E-state index contributed by atoms with van der Waals surface area (Å²) < 4.78 is 10.9. The van der Waals surface area contributed by atoms with Gasteiger partial charge >= 0.3 is 5.97 Å². The monoisotopic (exact) mass is 343 g/mol. The van der Waals surface area contributed by atoms with E-state index >= 15 is 0 Å². The summed E-state index contributed by atoms with van der Waals surface area (Å²) in [7, 11) is 0. The number of esters is 1. The van der Waals surface area contributed by atoms with Crippen LogP contribution in [0.2, 0.25) is 0 Å². The molecule has 5 nitrogen and oxygen atoms in total. The smallest absolute Gasteiger partial charge is 0.310 e. The average Bonchev–Trinajstić information content (AvgIpc) is 3.15. The maximum absolute atomic E-state index is 12.7. The van der Waals surface area contributed by atoms with E-state index in [9.17, 15) is 9.59 Å². The summed E-state index contributed by atoms with van der Waals surface area (Å²) in [5.41, 5.74) is 1.88. The van der Waals surface area contributed by atoms with Gasteiger partial charge in [0.05, 0.1) is 17.9 Å². The number of hydrogen-bond acceptors (Lipinski definition) is 4. The van der Waals surface area contributed by atoms with Gasteiger partial charge in [-0.3, -0.25) is 9.59 Å². The fourth-order valence-electron chi connectivity index (χ4n) is 3.29. The molecule has 1 heterocycles. The van der Waals surface area contributed by atoms with Crippen molar-refractivity contribution in [3.05, 3.63) is 42.0 Å². The Morgan fingerprint density at radius 3 is 2.56 bits per heavy atom. The number of allylic oxidation sites excluding steroid dienone is 2. The third-order valence-electron chi connectivity index (χ3n) is 4.83. The third-order valence-corrected chi connectivity index (χ3v) is 4.83. The Morgan fingerprint density at radius 2 is 1.88 bits per heavy atom. The highest BCUT2D eigenvalue weighted by Gasteiger charge is 2.35. The van der Waals surface area contributed by atoms with Crippen LogP contribution in [0.3, 0.4) is 0 Å². The zero-order valence-corrected chi connectivity index (χ0v) is 14.6. The van der Waals surface area contributed by atoms with E-state index in [1.165, 1.54) is 0 Å². The van der Waals surface area contributed by atoms with Crippen molar-refractivity contribution in [1.82, 2.24) is 0 Å². The second kappa shape index (κ2) is 8.30. The molecule has 0 spiro atoms. The molecule has 1 fully saturated rings. The Labute approximate surface area is 148 Å². The second-order valence-electron chi connectivity index (χ2n) is 6.78. The van der Waals surface area contributed by atoms with Crippen molar-refractivity contribution in [2.24, 2.45) is 11.8 Å². The van der Waals surface area contributed by atoms with E-state index in [-0.39, 0.29) is 24.6 Å². The zero-order chi connectivity index (χ0) is 17.6. The van der Waals surface area contributed by atoms with E-state index in [0.29, 0.717) is 12.8 Å². The van der Waals surface area contributed by atoms with Crippen molar-refractivity contribution in [1.29, 1.82) is 0 Å². The van der Waals surface area contributed by atoms with Gasteiger partial charge in [-0.25, -0.2) is 0 Å². The molecule has 0 saturated carbocycles. The van der Waals surface area contributed by atoms with Crippen LogP contribution in [0, 0.1) is 18.8 Å². The largest absolute Gasteiger partial charge is 0.463 e. The molecule has 1 aromatic carbocycles. The standard InChI is InChI=1S/C20H25NO4/c1-14-8-10-15(11-9-14)21-19(22)17-6-2-3-7-18(17)20(23)25-13-16-5-4-12-24-16/h2-3,8-11,16-18H,4-7,12-13H2,1H3,(H,21,22)/t16-,17-,18+/m0/s1. The molecule has 1 amide bonds. The molecule has 0 bridgehead atoms. The first kappa shape index (κ1) is 17.7. The van der Waals surface area contributed by atoms with Crippen molar-refractivity contribution in [3.63, 3.8) is 0 Å². The number of nitrogens with one attached hydrogen (secondary N) is 1. The SMILES string of the molecule is Cc1ccc(NC(=O)[C@H]2CC=CC[C@H]2C(=O)OC[C@@H]2CCCO2)cc1. The predicted molar refractivity (Wildman–Crippen MR) is 95.1 cm³/mol. The summed E-state index contributed by atoms with van der Waals surface area (Å²) in [6.07, 6.45) is 6.94. The Balaban J connectivity index is 1.59. The number of aryl methyl sites for hydroxylation is 1. The van der Waals surface area contributed by atoms with Gasteiger partial charge in [0.15, 0.2) is 0 Å². The highest BCUT2D eigenvalue weighted by Crippen LogP contribution is 2.28. The maximum Gasteiger partial charge on any atom is 0.310 e. The molecule has 1 aromatic rings. The highest BCUT2D eigenvalue weighted by molar-refractivity contribution is 5.95. The van der Waals surface area contributed by atoms with Crippen LogP contribution in [0.4, 0.5) is 5.69 Å². The van der Waals surface area contributed by atoms with Crippen molar-refractivity contribution >= 4 is 17.6 Å². The van der Waals surface area contributed by atoms with E-state index in [1.807, 2.05) is 43.3 Å². The molecular formula is C20H25NO4. The quantitative estimate of drug-likeness (QED) is 0.658. The lowest BCUT2D eigenvalue weighted by atomic mass is 9.82. The molecule has 25 heavy (non-hydrogen) atoms. The lowest BCUT2D eigenvalue weighted by Crippen LogP contribution is -2.36. The Morgan fingerprint density at radius 1 is 1.16 bits per heavy atom. The van der Waals surface area contributed by atoms with Crippen molar-refractivity contribution < 1.29 is 19.1 Å². The molecule has 0 aromatic heterocycles. The first-order valence-electron chi connectivity index (χ1n) is 8.94. The molecule has 1 saturated heterocycles. The maximum atomic E-state index is 12.7. The second-order valence-corrected chi connectivity index (χ2v) is 6.78. The number of benzene rings is 1. The van der Waals surface area contributed by atoms with E-state index in [2.05, 4.69) is 5.32 Å². The number of ether oxygens (including phenoxy) is 2. The third kappa shape index (κ3) is 4.69. The van der Waals surface area contributed by atoms with Gasteiger partial charge in [0.1, 0.15) is 6.61 Å². The molecule has 2 aliphatic rings. The number of carbonyl (C=O) groups excluding carboxylic acids is 2. The number of hydrogen-bond donors (Lipinski definition) is 1. The van der Waals surface area contributed by atoms with Crippen LogP contribution in [0.1, 0.15) is 31.2 Å². The van der Waals surface area contributed by atoms with Gasteiger partial charge in [-0.2, -0.15) is 0 Å². The molecule has 5 heteroatoms. The van der Waals surface area contributed by atoms with E-state index in [0.717, 1.165) is 30.7 Å². The van der Waals surface area contributed by atoms with Crippen molar-refractivity contribution in [2.75, 3.05) is 18.5 Å². The molecule has 3 atom stereocenters. The minimum absolute atomic E-state index is 0.00270. The fourth-order valence-corrected chi connectivity index (χ4v) is 3.29. The van der Waals surface area contributed by atoms with Gasteiger partial charge in [-0.05, 0) is 44.7 Å². The molecule has 3 rings (SSSR count). The summed E-state index contributed by atoms with van der Waals surface area (Å²) in [4.78, 5) is 25.1. The van der Waals surface area contributed by atoms with Gasteiger partial charge in [-0.15, -0.1) is 0 Å². The molecule has 1 aliphatic heterocycles. The summed E-state index contributed by atoms with van der Waals surface area (Å²) >= 11 is 0. The Kier molecular flexibility index (Phi) is 5.87. The van der Waals surface area contributed by atoms with Gasteiger partial charge in [0.25, 0.3) is 0 Å². The lowest BCUT2D eigenvalue weighted by molar-refractivity contribution is -0.155. The summed E-state index contributed by atoms with van der Waals surface area (Å²) in [6, 6.07) is 7.64. The molecule has 0 radical (unpaired) electrons. The van der Waals surface area contributed by atoms with Gasteiger partial charge in [0, 0.05) is 12.3 Å². The lowest BCUT2D eigenvalue weighted by Gasteiger charge is -2.26. The number of rotatable bonds is 5. The summed E-state index contributed by atoms with van der Waals surface area (Å²) in [6.45, 7) is 3.01. The molecular weight excluding hydrogens is 318 g/mol. The Bertz CT molecular complexity index is 632. The first-order chi connectivity index (χ1) is 12.1. The van der Waals surface area contributed by atoms with Crippen molar-refractivity contribution in [3.8, 4) is 0 Å². The molecule has 0 unspecified atom stereocenters. The Hall–Kier alpha value is -2.14. The summed E-state index contributed by atoms with van der Waals surface area (Å²) in [5, 5.41) is 2.92. The normalized spacial score (nSPS) is 25.6. The van der Waals surface area contributed by atoms with Gasteiger partial charge in [0.2, 0.25) is 5.91 Å². The van der Waals surface area contributed by atoms with Crippen molar-refractivity contribution in [2.45, 2.75) is 38.7 Å². The molecule has 1 aliphatic carbocycles. The van der Waals surface area contributed by atoms with Crippen LogP contribution in [-0.4, -0.2) is 31.2 Å². The van der Waals surface area contributed by atoms with E-state index in [1.54, 1.807) is 0 Å². The van der Waals surface area contributed by atoms with Crippen LogP contribution in [0.15, 0.2) is 36.4 Å². The van der Waals surface area contributed by atoms with Crippen LogP contribution >= 0.6 is 0 Å². The summed E-state index contributed by atoms with van der Waals surface area (Å²) in [5.74, 6) is -1.27. The van der Waals surface area contributed by atoms with Crippen LogP contribution < -0.4 is 5.32 Å². The van der Waals surface area contributed by atoms with E-state index in [4.69, 9.17) is 9.47 Å². The number of carbonyl (C=O) groups is 2. The van der Waals surface area contributed by atoms with E-state index < -0.39 is 11.8 Å². The van der Waals surface area contributed by atoms with Gasteiger partial charge in [-0.1, -0.05) is 29.8 Å². The average molecular weight is 343 g/mol. The zero-order valence-electron chi connectivity index (χ0n) is 14.6. The van der Waals surface area contributed by atoms with Gasteiger partial charge < -0.3 is 14.8 Å². The highest BCUT2D eigenvalue weighted by atomic mass is 16.6. The first-order valence-corrected chi connectivity index (χ1v) is 8.94. The topological polar surface area (TPSA) is 64.6 Å². The number of amides is 1. The minimum Gasteiger partial charge on any atom is -0.463 e. The van der Waals surface area contributed by atoms with Crippen LogP contribution in [0.5, 0.6) is 0 Å².